The maximum Gasteiger partial charge on any atom is 0.243 e. The van der Waals surface area contributed by atoms with Crippen LogP contribution in [0.25, 0.3) is 0 Å². The van der Waals surface area contributed by atoms with E-state index in [1.807, 2.05) is 17.5 Å². The molecule has 1 aromatic heterocycles. The van der Waals surface area contributed by atoms with Gasteiger partial charge in [0.05, 0.1) is 17.5 Å². The van der Waals surface area contributed by atoms with Crippen molar-refractivity contribution in [3.63, 3.8) is 0 Å². The number of benzene rings is 1. The van der Waals surface area contributed by atoms with Crippen LogP contribution in [0.4, 0.5) is 0 Å². The molecule has 142 valence electrons. The molecule has 5 nitrogen and oxygen atoms in total. The lowest BCUT2D eigenvalue weighted by Gasteiger charge is -2.22. The van der Waals surface area contributed by atoms with E-state index >= 15 is 0 Å². The Morgan fingerprint density at radius 2 is 1.88 bits per heavy atom. The zero-order valence-corrected chi connectivity index (χ0v) is 17.4. The van der Waals surface area contributed by atoms with E-state index < -0.39 is 10.0 Å². The number of thiophene rings is 1. The number of amides is 1. The van der Waals surface area contributed by atoms with Crippen molar-refractivity contribution in [2.45, 2.75) is 31.2 Å². The van der Waals surface area contributed by atoms with Crippen molar-refractivity contribution in [1.29, 1.82) is 0 Å². The average Bonchev–Trinajstić information content (AvgIpc) is 3.08. The van der Waals surface area contributed by atoms with Gasteiger partial charge in [0, 0.05) is 16.9 Å². The van der Waals surface area contributed by atoms with E-state index in [0.717, 1.165) is 15.6 Å². The number of carbonyl (C=O) groups is 1. The predicted molar refractivity (Wildman–Crippen MR) is 106 cm³/mol. The van der Waals surface area contributed by atoms with Crippen molar-refractivity contribution >= 4 is 38.9 Å². The Bertz CT molecular complexity index is 819. The lowest BCUT2D eigenvalue weighted by Crippen LogP contribution is -2.40. The first-order chi connectivity index (χ1) is 12.2. The highest BCUT2D eigenvalue weighted by Gasteiger charge is 2.24. The molecule has 2 aromatic rings. The van der Waals surface area contributed by atoms with Gasteiger partial charge in [-0.05, 0) is 48.1 Å². The number of carbonyl (C=O) groups excluding carboxylic acids is 1. The SMILES string of the molecule is CC(C)CC(NC(=O)CN(C)S(=O)(=O)c1ccc(Cl)cc1)c1cccs1. The second kappa shape index (κ2) is 8.99. The highest BCUT2D eigenvalue weighted by atomic mass is 35.5. The number of hydrogen-bond donors (Lipinski definition) is 1. The molecule has 0 spiro atoms. The number of likely N-dealkylation sites (N-methyl/N-ethyl adjacent to an activating group) is 1. The fraction of sp³-hybridized carbons (Fsp3) is 0.389. The first-order valence-corrected chi connectivity index (χ1v) is 10.9. The second-order valence-corrected chi connectivity index (χ2v) is 9.94. The molecule has 1 unspecified atom stereocenters. The smallest absolute Gasteiger partial charge is 0.243 e. The van der Waals surface area contributed by atoms with E-state index in [1.165, 1.54) is 31.3 Å². The van der Waals surface area contributed by atoms with Crippen LogP contribution in [0.2, 0.25) is 5.02 Å². The summed E-state index contributed by atoms with van der Waals surface area (Å²) in [5.41, 5.74) is 0. The second-order valence-electron chi connectivity index (χ2n) is 6.48. The van der Waals surface area contributed by atoms with Gasteiger partial charge in [0.15, 0.2) is 0 Å². The monoisotopic (exact) mass is 414 g/mol. The Morgan fingerprint density at radius 1 is 1.23 bits per heavy atom. The summed E-state index contributed by atoms with van der Waals surface area (Å²) in [7, 11) is -2.35. The van der Waals surface area contributed by atoms with Crippen LogP contribution in [0.3, 0.4) is 0 Å². The molecule has 1 aromatic carbocycles. The summed E-state index contributed by atoms with van der Waals surface area (Å²) in [5, 5.41) is 5.38. The molecule has 0 saturated carbocycles. The van der Waals surface area contributed by atoms with Crippen LogP contribution in [0, 0.1) is 5.92 Å². The van der Waals surface area contributed by atoms with Gasteiger partial charge in [0.1, 0.15) is 0 Å². The fourth-order valence-corrected chi connectivity index (χ4v) is 4.56. The molecule has 26 heavy (non-hydrogen) atoms. The summed E-state index contributed by atoms with van der Waals surface area (Å²) >= 11 is 7.38. The number of rotatable bonds is 8. The number of hydrogen-bond acceptors (Lipinski definition) is 4. The van der Waals surface area contributed by atoms with Crippen molar-refractivity contribution in [3.05, 3.63) is 51.7 Å². The van der Waals surface area contributed by atoms with Crippen molar-refractivity contribution < 1.29 is 13.2 Å². The Balaban J connectivity index is 2.06. The van der Waals surface area contributed by atoms with E-state index in [0.29, 0.717) is 10.9 Å². The zero-order chi connectivity index (χ0) is 19.3. The Hall–Kier alpha value is -1.41. The van der Waals surface area contributed by atoms with Crippen molar-refractivity contribution in [2.75, 3.05) is 13.6 Å². The lowest BCUT2D eigenvalue weighted by molar-refractivity contribution is -0.122. The number of nitrogens with one attached hydrogen (secondary N) is 1. The standard InChI is InChI=1S/C18H23ClN2O3S2/c1-13(2)11-16(17-5-4-10-25-17)20-18(22)12-21(3)26(23,24)15-8-6-14(19)7-9-15/h4-10,13,16H,11-12H2,1-3H3,(H,20,22). The summed E-state index contributed by atoms with van der Waals surface area (Å²) in [5.74, 6) is 0.0713. The van der Waals surface area contributed by atoms with Crippen molar-refractivity contribution in [2.24, 2.45) is 5.92 Å². The van der Waals surface area contributed by atoms with Crippen LogP contribution in [0.5, 0.6) is 0 Å². The molecule has 0 radical (unpaired) electrons. The minimum Gasteiger partial charge on any atom is -0.347 e. The molecule has 0 fully saturated rings. The van der Waals surface area contributed by atoms with Crippen LogP contribution in [-0.4, -0.2) is 32.2 Å². The summed E-state index contributed by atoms with van der Waals surface area (Å²) < 4.78 is 26.2. The third-order valence-corrected chi connectivity index (χ3v) is 6.87. The van der Waals surface area contributed by atoms with E-state index in [-0.39, 0.29) is 23.4 Å². The van der Waals surface area contributed by atoms with Crippen LogP contribution in [-0.2, 0) is 14.8 Å². The van der Waals surface area contributed by atoms with Crippen LogP contribution < -0.4 is 5.32 Å². The number of nitrogens with zero attached hydrogens (tertiary/aromatic N) is 1. The Kier molecular flexibility index (Phi) is 7.23. The zero-order valence-electron chi connectivity index (χ0n) is 15.0. The molecule has 0 bridgehead atoms. The molecular formula is C18H23ClN2O3S2. The van der Waals surface area contributed by atoms with Gasteiger partial charge in [0.2, 0.25) is 15.9 Å². The van der Waals surface area contributed by atoms with Crippen LogP contribution in [0.15, 0.2) is 46.7 Å². The molecule has 2 rings (SSSR count). The highest BCUT2D eigenvalue weighted by Crippen LogP contribution is 2.25. The van der Waals surface area contributed by atoms with Gasteiger partial charge < -0.3 is 5.32 Å². The largest absolute Gasteiger partial charge is 0.347 e. The molecule has 0 aliphatic carbocycles. The van der Waals surface area contributed by atoms with Gasteiger partial charge in [0.25, 0.3) is 0 Å². The highest BCUT2D eigenvalue weighted by molar-refractivity contribution is 7.89. The maximum atomic E-state index is 12.6. The minimum absolute atomic E-state index is 0.106. The minimum atomic E-state index is -3.75. The van der Waals surface area contributed by atoms with Gasteiger partial charge in [-0.2, -0.15) is 4.31 Å². The van der Waals surface area contributed by atoms with E-state index in [2.05, 4.69) is 19.2 Å². The van der Waals surface area contributed by atoms with E-state index in [4.69, 9.17) is 11.6 Å². The van der Waals surface area contributed by atoms with Crippen molar-refractivity contribution in [3.8, 4) is 0 Å². The molecule has 1 N–H and O–H groups in total. The quantitative estimate of drug-likeness (QED) is 0.711. The van der Waals surface area contributed by atoms with Gasteiger partial charge in [-0.15, -0.1) is 11.3 Å². The molecule has 0 aliphatic rings. The van der Waals surface area contributed by atoms with Gasteiger partial charge in [-0.3, -0.25) is 4.79 Å². The van der Waals surface area contributed by atoms with E-state index in [9.17, 15) is 13.2 Å². The van der Waals surface area contributed by atoms with Crippen molar-refractivity contribution in [1.82, 2.24) is 9.62 Å². The molecule has 0 saturated heterocycles. The molecule has 0 aliphatic heterocycles. The predicted octanol–water partition coefficient (Wildman–Crippen LogP) is 3.93. The summed E-state index contributed by atoms with van der Waals surface area (Å²) in [6, 6.07) is 9.69. The molecule has 1 atom stereocenters. The van der Waals surface area contributed by atoms with E-state index in [1.54, 1.807) is 11.3 Å². The molecular weight excluding hydrogens is 392 g/mol. The molecule has 1 heterocycles. The third kappa shape index (κ3) is 5.54. The van der Waals surface area contributed by atoms with Crippen LogP contribution in [0.1, 0.15) is 31.2 Å². The Labute approximate surface area is 164 Å². The normalized spacial score (nSPS) is 13.2. The van der Waals surface area contributed by atoms with Crippen LogP contribution >= 0.6 is 22.9 Å². The maximum absolute atomic E-state index is 12.6. The Morgan fingerprint density at radius 3 is 2.42 bits per heavy atom. The number of sulfonamides is 1. The lowest BCUT2D eigenvalue weighted by atomic mass is 10.0. The van der Waals surface area contributed by atoms with Gasteiger partial charge >= 0.3 is 0 Å². The number of halogens is 1. The third-order valence-electron chi connectivity index (χ3n) is 3.82. The molecule has 8 heteroatoms. The van der Waals surface area contributed by atoms with Gasteiger partial charge in [-0.25, -0.2) is 8.42 Å². The summed E-state index contributed by atoms with van der Waals surface area (Å²) in [6.45, 7) is 3.93. The fourth-order valence-electron chi connectivity index (χ4n) is 2.52. The first-order valence-electron chi connectivity index (χ1n) is 8.25. The summed E-state index contributed by atoms with van der Waals surface area (Å²) in [4.78, 5) is 13.6. The topological polar surface area (TPSA) is 66.5 Å². The summed E-state index contributed by atoms with van der Waals surface area (Å²) in [6.07, 6.45) is 0.792. The average molecular weight is 415 g/mol. The molecule has 1 amide bonds. The van der Waals surface area contributed by atoms with Gasteiger partial charge in [-0.1, -0.05) is 31.5 Å². The first kappa shape index (κ1) is 20.9.